The van der Waals surface area contributed by atoms with Crippen molar-refractivity contribution in [1.29, 1.82) is 0 Å². The number of benzene rings is 1. The molecule has 0 bridgehead atoms. The summed E-state index contributed by atoms with van der Waals surface area (Å²) in [6, 6.07) is 5.53. The Morgan fingerprint density at radius 2 is 2.20 bits per heavy atom. The zero-order chi connectivity index (χ0) is 10.8. The second-order valence-electron chi connectivity index (χ2n) is 3.76. The van der Waals surface area contributed by atoms with E-state index in [2.05, 4.69) is 5.32 Å². The monoisotopic (exact) mass is 207 g/mol. The van der Waals surface area contributed by atoms with Gasteiger partial charge in [0.05, 0.1) is 11.6 Å². The van der Waals surface area contributed by atoms with Crippen LogP contribution >= 0.6 is 0 Å². The second kappa shape index (κ2) is 4.03. The summed E-state index contributed by atoms with van der Waals surface area (Å²) in [4.78, 5) is 0. The van der Waals surface area contributed by atoms with Crippen LogP contribution in [0.4, 0.5) is 4.39 Å². The number of hydrogen-bond donors (Lipinski definition) is 1. The first kappa shape index (κ1) is 10.2. The molecule has 0 spiro atoms. The van der Waals surface area contributed by atoms with Crippen molar-refractivity contribution in [2.45, 2.75) is 19.4 Å². The Morgan fingerprint density at radius 1 is 1.40 bits per heavy atom. The number of hydrogen-bond acceptors (Lipinski definition) is 2. The van der Waals surface area contributed by atoms with Crippen LogP contribution in [0.1, 0.15) is 12.5 Å². The molecule has 2 nitrogen and oxygen atoms in total. The van der Waals surface area contributed by atoms with E-state index >= 15 is 0 Å². The molecule has 0 aliphatic rings. The highest BCUT2D eigenvalue weighted by molar-refractivity contribution is 5.78. The van der Waals surface area contributed by atoms with E-state index < -0.39 is 0 Å². The van der Waals surface area contributed by atoms with Crippen molar-refractivity contribution in [2.75, 3.05) is 7.05 Å². The van der Waals surface area contributed by atoms with Crippen molar-refractivity contribution < 1.29 is 8.81 Å². The Bertz CT molecular complexity index is 464. The number of furan rings is 1. The molecule has 0 amide bonds. The zero-order valence-electron chi connectivity index (χ0n) is 8.88. The molecule has 1 atom stereocenters. The van der Waals surface area contributed by atoms with Gasteiger partial charge in [-0.15, -0.1) is 0 Å². The van der Waals surface area contributed by atoms with Gasteiger partial charge >= 0.3 is 0 Å². The topological polar surface area (TPSA) is 25.2 Å². The molecule has 0 saturated carbocycles. The highest BCUT2D eigenvalue weighted by atomic mass is 19.1. The Kier molecular flexibility index (Phi) is 2.73. The number of likely N-dealkylation sites (N-methyl/N-ethyl adjacent to an activating group) is 1. The zero-order valence-corrected chi connectivity index (χ0v) is 8.88. The molecule has 3 heteroatoms. The minimum absolute atomic E-state index is 0.164. The summed E-state index contributed by atoms with van der Waals surface area (Å²) in [5, 5.41) is 3.66. The molecule has 0 saturated heterocycles. The normalized spacial score (nSPS) is 13.3. The lowest BCUT2D eigenvalue weighted by molar-refractivity contribution is 0.568. The lowest BCUT2D eigenvalue weighted by atomic mass is 10.0. The molecular weight excluding hydrogens is 193 g/mol. The van der Waals surface area contributed by atoms with Crippen LogP contribution < -0.4 is 5.32 Å². The van der Waals surface area contributed by atoms with Crippen LogP contribution in [0.2, 0.25) is 0 Å². The van der Waals surface area contributed by atoms with Crippen molar-refractivity contribution in [1.82, 2.24) is 5.32 Å². The molecular formula is C12H14FNO. The predicted molar refractivity (Wildman–Crippen MR) is 58.4 cm³/mol. The minimum Gasteiger partial charge on any atom is -0.464 e. The maximum atomic E-state index is 13.9. The van der Waals surface area contributed by atoms with Crippen LogP contribution in [0, 0.1) is 5.82 Å². The van der Waals surface area contributed by atoms with Gasteiger partial charge in [0, 0.05) is 6.04 Å². The summed E-state index contributed by atoms with van der Waals surface area (Å²) in [6.07, 6.45) is 2.20. The third kappa shape index (κ3) is 1.88. The SMILES string of the molecule is CNC(C)Cc1ccc2occc2c1F. The van der Waals surface area contributed by atoms with Gasteiger partial charge in [-0.25, -0.2) is 4.39 Å². The molecule has 0 fully saturated rings. The van der Waals surface area contributed by atoms with Crippen molar-refractivity contribution in [3.63, 3.8) is 0 Å². The summed E-state index contributed by atoms with van der Waals surface area (Å²) in [7, 11) is 1.87. The van der Waals surface area contributed by atoms with Crippen molar-refractivity contribution in [2.24, 2.45) is 0 Å². The Hall–Kier alpha value is -1.35. The number of nitrogens with one attached hydrogen (secondary N) is 1. The van der Waals surface area contributed by atoms with Gasteiger partial charge in [0.1, 0.15) is 11.4 Å². The Balaban J connectivity index is 2.39. The maximum Gasteiger partial charge on any atom is 0.137 e. The standard InChI is InChI=1S/C12H14FNO/c1-8(14-2)7-9-3-4-11-10(12(9)13)5-6-15-11/h3-6,8,14H,7H2,1-2H3. The van der Waals surface area contributed by atoms with Gasteiger partial charge in [-0.3, -0.25) is 0 Å². The van der Waals surface area contributed by atoms with Gasteiger partial charge in [-0.1, -0.05) is 6.07 Å². The highest BCUT2D eigenvalue weighted by Crippen LogP contribution is 2.22. The van der Waals surface area contributed by atoms with E-state index in [0.29, 0.717) is 17.4 Å². The van der Waals surface area contributed by atoms with Crippen molar-refractivity contribution in [3.8, 4) is 0 Å². The molecule has 80 valence electrons. The molecule has 0 radical (unpaired) electrons. The molecule has 2 rings (SSSR count). The highest BCUT2D eigenvalue weighted by Gasteiger charge is 2.11. The molecule has 2 aromatic rings. The minimum atomic E-state index is -0.164. The quantitative estimate of drug-likeness (QED) is 0.837. The van der Waals surface area contributed by atoms with Crippen LogP contribution in [-0.4, -0.2) is 13.1 Å². The van der Waals surface area contributed by atoms with E-state index in [4.69, 9.17) is 4.42 Å². The lowest BCUT2D eigenvalue weighted by Crippen LogP contribution is -2.23. The van der Waals surface area contributed by atoms with E-state index in [-0.39, 0.29) is 11.9 Å². The summed E-state index contributed by atoms with van der Waals surface area (Å²) in [5.74, 6) is -0.164. The first-order chi connectivity index (χ1) is 7.22. The second-order valence-corrected chi connectivity index (χ2v) is 3.76. The van der Waals surface area contributed by atoms with Crippen LogP contribution in [0.3, 0.4) is 0 Å². The molecule has 1 aromatic heterocycles. The molecule has 1 heterocycles. The smallest absolute Gasteiger partial charge is 0.137 e. The third-order valence-electron chi connectivity index (χ3n) is 2.67. The van der Waals surface area contributed by atoms with E-state index in [1.807, 2.05) is 20.0 Å². The molecule has 1 aromatic carbocycles. The molecule has 1 unspecified atom stereocenters. The third-order valence-corrected chi connectivity index (χ3v) is 2.67. The first-order valence-electron chi connectivity index (χ1n) is 5.04. The Labute approximate surface area is 88.1 Å². The predicted octanol–water partition coefficient (Wildman–Crippen LogP) is 2.72. The van der Waals surface area contributed by atoms with Gasteiger partial charge in [0.15, 0.2) is 0 Å². The van der Waals surface area contributed by atoms with Crippen LogP contribution in [0.25, 0.3) is 11.0 Å². The average molecular weight is 207 g/mol. The molecule has 15 heavy (non-hydrogen) atoms. The van der Waals surface area contributed by atoms with Gasteiger partial charge in [0.2, 0.25) is 0 Å². The number of rotatable bonds is 3. The van der Waals surface area contributed by atoms with E-state index in [1.54, 1.807) is 12.1 Å². The summed E-state index contributed by atoms with van der Waals surface area (Å²) >= 11 is 0. The van der Waals surface area contributed by atoms with Gasteiger partial charge < -0.3 is 9.73 Å². The van der Waals surface area contributed by atoms with Crippen molar-refractivity contribution >= 4 is 11.0 Å². The fourth-order valence-corrected chi connectivity index (χ4v) is 1.64. The van der Waals surface area contributed by atoms with Gasteiger partial charge in [0.25, 0.3) is 0 Å². The molecule has 0 aliphatic heterocycles. The maximum absolute atomic E-state index is 13.9. The fourth-order valence-electron chi connectivity index (χ4n) is 1.64. The van der Waals surface area contributed by atoms with Crippen LogP contribution in [-0.2, 0) is 6.42 Å². The fraction of sp³-hybridized carbons (Fsp3) is 0.333. The lowest BCUT2D eigenvalue weighted by Gasteiger charge is -2.10. The summed E-state index contributed by atoms with van der Waals surface area (Å²) < 4.78 is 19.0. The van der Waals surface area contributed by atoms with Crippen molar-refractivity contribution in [3.05, 3.63) is 35.8 Å². The van der Waals surface area contributed by atoms with Crippen LogP contribution in [0.5, 0.6) is 0 Å². The van der Waals surface area contributed by atoms with E-state index in [1.165, 1.54) is 6.26 Å². The molecule has 1 N–H and O–H groups in total. The Morgan fingerprint density at radius 3 is 2.93 bits per heavy atom. The molecule has 0 aliphatic carbocycles. The van der Waals surface area contributed by atoms with E-state index in [0.717, 1.165) is 5.56 Å². The number of fused-ring (bicyclic) bond motifs is 1. The average Bonchev–Trinajstić information content (AvgIpc) is 2.70. The number of halogens is 1. The van der Waals surface area contributed by atoms with Crippen LogP contribution in [0.15, 0.2) is 28.9 Å². The van der Waals surface area contributed by atoms with E-state index in [9.17, 15) is 4.39 Å². The summed E-state index contributed by atoms with van der Waals surface area (Å²) in [6.45, 7) is 2.03. The van der Waals surface area contributed by atoms with Gasteiger partial charge in [-0.05, 0) is 38.1 Å². The first-order valence-corrected chi connectivity index (χ1v) is 5.04. The van der Waals surface area contributed by atoms with Gasteiger partial charge in [-0.2, -0.15) is 0 Å². The largest absolute Gasteiger partial charge is 0.464 e. The summed E-state index contributed by atoms with van der Waals surface area (Å²) in [5.41, 5.74) is 1.33.